The van der Waals surface area contributed by atoms with Crippen molar-refractivity contribution in [3.63, 3.8) is 0 Å². The predicted molar refractivity (Wildman–Crippen MR) is 90.8 cm³/mol. The number of halogens is 3. The van der Waals surface area contributed by atoms with Gasteiger partial charge in [-0.05, 0) is 49.7 Å². The summed E-state index contributed by atoms with van der Waals surface area (Å²) in [5.74, 6) is 6.14. The molecule has 1 heterocycles. The molecule has 24 heavy (non-hydrogen) atoms. The summed E-state index contributed by atoms with van der Waals surface area (Å²) in [6, 6.07) is 8.21. The Morgan fingerprint density at radius 3 is 2.67 bits per heavy atom. The van der Waals surface area contributed by atoms with Gasteiger partial charge < -0.3 is 9.30 Å². The van der Waals surface area contributed by atoms with Crippen LogP contribution in [0.1, 0.15) is 12.5 Å². The first kappa shape index (κ1) is 18.0. The summed E-state index contributed by atoms with van der Waals surface area (Å²) in [7, 11) is 0. The lowest BCUT2D eigenvalue weighted by atomic mass is 10.0. The molecule has 0 unspecified atom stereocenters. The lowest BCUT2D eigenvalue weighted by molar-refractivity contribution is 0.126. The average Bonchev–Trinajstić information content (AvgIpc) is 2.53. The van der Waals surface area contributed by atoms with Gasteiger partial charge in [0.05, 0.1) is 12.2 Å². The molecule has 1 aromatic carbocycles. The molecule has 1 aromatic heterocycles. The van der Waals surface area contributed by atoms with Crippen molar-refractivity contribution >= 4 is 11.6 Å². The standard InChI is InChI=1S/C18H16ClF2NO2/c1-3-4-9-24-13-5-6-14(12(2)10-13)16-8-7-15(19)18(23)22(16)11-17(20)21/h5-8,10,17H,9,11H2,1-2H3. The zero-order valence-corrected chi connectivity index (χ0v) is 14.0. The zero-order valence-electron chi connectivity index (χ0n) is 13.3. The van der Waals surface area contributed by atoms with Crippen LogP contribution in [0.4, 0.5) is 8.78 Å². The summed E-state index contributed by atoms with van der Waals surface area (Å²) >= 11 is 5.78. The van der Waals surface area contributed by atoms with Gasteiger partial charge in [0.2, 0.25) is 0 Å². The number of rotatable bonds is 5. The van der Waals surface area contributed by atoms with Crippen molar-refractivity contribution in [2.24, 2.45) is 0 Å². The molecule has 0 aliphatic carbocycles. The maximum atomic E-state index is 12.8. The van der Waals surface area contributed by atoms with Crippen molar-refractivity contribution in [2.45, 2.75) is 26.8 Å². The number of nitrogens with zero attached hydrogens (tertiary/aromatic N) is 1. The van der Waals surface area contributed by atoms with Gasteiger partial charge in [0.25, 0.3) is 12.0 Å². The highest BCUT2D eigenvalue weighted by Gasteiger charge is 2.15. The van der Waals surface area contributed by atoms with E-state index in [2.05, 4.69) is 11.8 Å². The third kappa shape index (κ3) is 4.15. The molecule has 0 bridgehead atoms. The average molecular weight is 352 g/mol. The van der Waals surface area contributed by atoms with Gasteiger partial charge >= 0.3 is 0 Å². The van der Waals surface area contributed by atoms with E-state index in [9.17, 15) is 13.6 Å². The minimum atomic E-state index is -2.66. The largest absolute Gasteiger partial charge is 0.481 e. The van der Waals surface area contributed by atoms with Crippen molar-refractivity contribution < 1.29 is 13.5 Å². The first-order valence-corrected chi connectivity index (χ1v) is 7.62. The molecule has 6 heteroatoms. The SMILES string of the molecule is CC#CCOc1ccc(-c2ccc(Cl)c(=O)n2CC(F)F)c(C)c1. The fourth-order valence-corrected chi connectivity index (χ4v) is 2.48. The van der Waals surface area contributed by atoms with Crippen LogP contribution in [0.5, 0.6) is 5.75 Å². The smallest absolute Gasteiger partial charge is 0.269 e. The Hall–Kier alpha value is -2.32. The van der Waals surface area contributed by atoms with Crippen molar-refractivity contribution in [3.05, 3.63) is 51.3 Å². The van der Waals surface area contributed by atoms with Crippen LogP contribution in [0.2, 0.25) is 5.02 Å². The molecule has 0 spiro atoms. The van der Waals surface area contributed by atoms with Crippen molar-refractivity contribution in [1.29, 1.82) is 0 Å². The number of pyridine rings is 1. The molecule has 0 aliphatic rings. The summed E-state index contributed by atoms with van der Waals surface area (Å²) in [4.78, 5) is 12.1. The Bertz CT molecular complexity index is 850. The van der Waals surface area contributed by atoms with E-state index in [-0.39, 0.29) is 11.6 Å². The fraction of sp³-hybridized carbons (Fsp3) is 0.278. The molecular formula is C18H16ClF2NO2. The minimum absolute atomic E-state index is 0.0878. The number of benzene rings is 1. The second-order valence-electron chi connectivity index (χ2n) is 5.07. The monoisotopic (exact) mass is 351 g/mol. The molecule has 3 nitrogen and oxygen atoms in total. The van der Waals surface area contributed by atoms with E-state index in [1.54, 1.807) is 31.2 Å². The maximum Gasteiger partial charge on any atom is 0.269 e. The molecule has 0 aliphatic heterocycles. The van der Waals surface area contributed by atoms with Crippen LogP contribution < -0.4 is 10.3 Å². The lowest BCUT2D eigenvalue weighted by Crippen LogP contribution is -2.25. The Labute approximate surface area is 143 Å². The van der Waals surface area contributed by atoms with Gasteiger partial charge in [0, 0.05) is 5.56 Å². The molecule has 0 atom stereocenters. The van der Waals surface area contributed by atoms with Crippen LogP contribution in [0.3, 0.4) is 0 Å². The van der Waals surface area contributed by atoms with Crippen LogP contribution in [-0.4, -0.2) is 17.6 Å². The first-order valence-electron chi connectivity index (χ1n) is 7.25. The zero-order chi connectivity index (χ0) is 17.7. The van der Waals surface area contributed by atoms with Crippen LogP contribution in [-0.2, 0) is 6.54 Å². The van der Waals surface area contributed by atoms with Crippen molar-refractivity contribution in [2.75, 3.05) is 6.61 Å². The molecule has 2 rings (SSSR count). The highest BCUT2D eigenvalue weighted by Crippen LogP contribution is 2.27. The van der Waals surface area contributed by atoms with Crippen molar-refractivity contribution in [3.8, 4) is 28.8 Å². The van der Waals surface area contributed by atoms with E-state index in [0.29, 0.717) is 17.0 Å². The van der Waals surface area contributed by atoms with Crippen LogP contribution in [0.25, 0.3) is 11.3 Å². The summed E-state index contributed by atoms with van der Waals surface area (Å²) in [5, 5.41) is -0.0878. The van der Waals surface area contributed by atoms with E-state index < -0.39 is 18.5 Å². The normalized spacial score (nSPS) is 10.4. The fourth-order valence-electron chi connectivity index (χ4n) is 2.31. The molecule has 0 radical (unpaired) electrons. The van der Waals surface area contributed by atoms with Gasteiger partial charge in [-0.1, -0.05) is 17.5 Å². The molecule has 0 saturated carbocycles. The first-order chi connectivity index (χ1) is 11.4. The van der Waals surface area contributed by atoms with E-state index in [0.717, 1.165) is 10.1 Å². The molecular weight excluding hydrogens is 336 g/mol. The summed E-state index contributed by atoms with van der Waals surface area (Å²) in [6.07, 6.45) is -2.66. The van der Waals surface area contributed by atoms with Gasteiger partial charge in [-0.3, -0.25) is 4.79 Å². The highest BCUT2D eigenvalue weighted by molar-refractivity contribution is 6.30. The topological polar surface area (TPSA) is 31.2 Å². The highest BCUT2D eigenvalue weighted by atomic mass is 35.5. The molecule has 2 aromatic rings. The molecule has 0 fully saturated rings. The Kier molecular flexibility index (Phi) is 5.99. The third-order valence-corrected chi connectivity index (χ3v) is 3.70. The third-order valence-electron chi connectivity index (χ3n) is 3.41. The van der Waals surface area contributed by atoms with Gasteiger partial charge in [-0.15, -0.1) is 5.92 Å². The van der Waals surface area contributed by atoms with Gasteiger partial charge in [0.1, 0.15) is 17.4 Å². The number of hydrogen-bond acceptors (Lipinski definition) is 2. The predicted octanol–water partition coefficient (Wildman–Crippen LogP) is 4.14. The maximum absolute atomic E-state index is 12.8. The number of ether oxygens (including phenoxy) is 1. The van der Waals surface area contributed by atoms with Gasteiger partial charge in [0.15, 0.2) is 0 Å². The number of aromatic nitrogens is 1. The van der Waals surface area contributed by atoms with E-state index >= 15 is 0 Å². The summed E-state index contributed by atoms with van der Waals surface area (Å²) in [6.45, 7) is 3.10. The van der Waals surface area contributed by atoms with Gasteiger partial charge in [-0.25, -0.2) is 8.78 Å². The van der Waals surface area contributed by atoms with Crippen LogP contribution in [0, 0.1) is 18.8 Å². The minimum Gasteiger partial charge on any atom is -0.481 e. The Balaban J connectivity index is 2.46. The van der Waals surface area contributed by atoms with Crippen LogP contribution >= 0.6 is 11.6 Å². The second-order valence-corrected chi connectivity index (χ2v) is 5.47. The number of hydrogen-bond donors (Lipinski definition) is 0. The molecule has 0 amide bonds. The molecule has 126 valence electrons. The number of aryl methyl sites for hydroxylation is 1. The van der Waals surface area contributed by atoms with Crippen molar-refractivity contribution in [1.82, 2.24) is 4.57 Å². The van der Waals surface area contributed by atoms with E-state index in [1.165, 1.54) is 6.07 Å². The molecule has 0 N–H and O–H groups in total. The number of alkyl halides is 2. The Morgan fingerprint density at radius 1 is 1.29 bits per heavy atom. The van der Waals surface area contributed by atoms with E-state index in [4.69, 9.17) is 16.3 Å². The second kappa shape index (κ2) is 7.98. The Morgan fingerprint density at radius 2 is 2.04 bits per heavy atom. The quantitative estimate of drug-likeness (QED) is 0.758. The van der Waals surface area contributed by atoms with Gasteiger partial charge in [-0.2, -0.15) is 0 Å². The molecule has 0 saturated heterocycles. The van der Waals surface area contributed by atoms with Crippen LogP contribution in [0.15, 0.2) is 35.1 Å². The lowest BCUT2D eigenvalue weighted by Gasteiger charge is -2.15. The summed E-state index contributed by atoms with van der Waals surface area (Å²) < 4.78 is 32.1. The van der Waals surface area contributed by atoms with E-state index in [1.807, 2.05) is 6.92 Å². The summed E-state index contributed by atoms with van der Waals surface area (Å²) in [5.41, 5.74) is 1.22.